The van der Waals surface area contributed by atoms with E-state index in [-0.39, 0.29) is 31.1 Å². The molecule has 0 rings (SSSR count). The number of allylic oxidation sites excluding steroid dienone is 14. The number of hydrogen-bond donors (Lipinski definition) is 0. The molecule has 0 aromatic rings. The van der Waals surface area contributed by atoms with E-state index in [4.69, 9.17) is 14.2 Å². The third-order valence-corrected chi connectivity index (χ3v) is 15.9. The van der Waals surface area contributed by atoms with Gasteiger partial charge in [-0.15, -0.1) is 0 Å². The highest BCUT2D eigenvalue weighted by Crippen LogP contribution is 2.17. The number of rotatable bonds is 66. The van der Waals surface area contributed by atoms with E-state index in [0.29, 0.717) is 19.3 Å². The van der Waals surface area contributed by atoms with Crippen molar-refractivity contribution in [1.29, 1.82) is 0 Å². The van der Waals surface area contributed by atoms with Crippen LogP contribution in [0.15, 0.2) is 85.1 Å². The first-order valence-corrected chi connectivity index (χ1v) is 36.1. The fourth-order valence-electron chi connectivity index (χ4n) is 10.5. The van der Waals surface area contributed by atoms with Gasteiger partial charge in [0.1, 0.15) is 13.2 Å². The number of unbranched alkanes of at least 4 members (excludes halogenated alkanes) is 41. The zero-order chi connectivity index (χ0) is 59.9. The molecule has 6 nitrogen and oxygen atoms in total. The molecule has 480 valence electrons. The Labute approximate surface area is 515 Å². The minimum absolute atomic E-state index is 0.0799. The van der Waals surface area contributed by atoms with E-state index in [2.05, 4.69) is 106 Å². The molecule has 1 atom stereocenters. The molecule has 6 heteroatoms. The molecule has 0 bridgehead atoms. The molecule has 0 spiro atoms. The lowest BCUT2D eigenvalue weighted by Gasteiger charge is -2.18. The topological polar surface area (TPSA) is 78.9 Å². The first kappa shape index (κ1) is 79.6. The molecule has 1 unspecified atom stereocenters. The van der Waals surface area contributed by atoms with E-state index in [1.54, 1.807) is 0 Å². The van der Waals surface area contributed by atoms with Crippen LogP contribution in [0.5, 0.6) is 0 Å². The smallest absolute Gasteiger partial charge is 0.306 e. The molecule has 0 amide bonds. The monoisotopic (exact) mass is 1160 g/mol. The number of carbonyl (C=O) groups is 3. The lowest BCUT2D eigenvalue weighted by Crippen LogP contribution is -2.30. The second-order valence-corrected chi connectivity index (χ2v) is 24.1. The first-order chi connectivity index (χ1) is 41.0. The van der Waals surface area contributed by atoms with Gasteiger partial charge in [0, 0.05) is 19.3 Å². The van der Waals surface area contributed by atoms with Gasteiger partial charge < -0.3 is 14.2 Å². The summed E-state index contributed by atoms with van der Waals surface area (Å²) < 4.78 is 17.0. The van der Waals surface area contributed by atoms with Crippen molar-refractivity contribution in [2.45, 2.75) is 374 Å². The molecule has 0 saturated carbocycles. The Balaban J connectivity index is 4.32. The Kier molecular flexibility index (Phi) is 68.2. The molecular weight excluding hydrogens is 1020 g/mol. The Morgan fingerprint density at radius 3 is 0.747 bits per heavy atom. The van der Waals surface area contributed by atoms with E-state index in [0.717, 1.165) is 103 Å². The lowest BCUT2D eigenvalue weighted by atomic mass is 10.0. The molecule has 0 aromatic heterocycles. The quantitative estimate of drug-likeness (QED) is 0.0261. The number of carbonyl (C=O) groups excluding carboxylic acids is 3. The predicted molar refractivity (Wildman–Crippen MR) is 362 cm³/mol. The Morgan fingerprint density at radius 1 is 0.253 bits per heavy atom. The summed E-state index contributed by atoms with van der Waals surface area (Å²) >= 11 is 0. The largest absolute Gasteiger partial charge is 0.462 e. The van der Waals surface area contributed by atoms with Crippen molar-refractivity contribution >= 4 is 17.9 Å². The van der Waals surface area contributed by atoms with Crippen molar-refractivity contribution in [3.05, 3.63) is 85.1 Å². The summed E-state index contributed by atoms with van der Waals surface area (Å²) in [6, 6.07) is 0. The highest BCUT2D eigenvalue weighted by molar-refractivity contribution is 5.71. The maximum Gasteiger partial charge on any atom is 0.306 e. The normalized spacial score (nSPS) is 12.6. The zero-order valence-corrected chi connectivity index (χ0v) is 55.2. The highest BCUT2D eigenvalue weighted by atomic mass is 16.6. The summed E-state index contributed by atoms with van der Waals surface area (Å²) in [6.07, 6.45) is 94.7. The molecule has 0 aromatic carbocycles. The Bertz CT molecular complexity index is 1570. The second-order valence-electron chi connectivity index (χ2n) is 24.1. The van der Waals surface area contributed by atoms with Crippen molar-refractivity contribution in [3.63, 3.8) is 0 Å². The molecule has 0 fully saturated rings. The maximum absolute atomic E-state index is 13.0. The maximum atomic E-state index is 13.0. The van der Waals surface area contributed by atoms with Crippen molar-refractivity contribution < 1.29 is 28.6 Å². The van der Waals surface area contributed by atoms with Gasteiger partial charge in [0.2, 0.25) is 0 Å². The van der Waals surface area contributed by atoms with Gasteiger partial charge in [-0.25, -0.2) is 0 Å². The number of esters is 3. The fourth-order valence-corrected chi connectivity index (χ4v) is 10.5. The van der Waals surface area contributed by atoms with Crippen molar-refractivity contribution in [2.75, 3.05) is 13.2 Å². The fraction of sp³-hybridized carbons (Fsp3) is 0.779. The molecular formula is C77H136O6. The molecule has 0 aliphatic rings. The summed E-state index contributed by atoms with van der Waals surface area (Å²) in [5.41, 5.74) is 0. The third-order valence-electron chi connectivity index (χ3n) is 15.9. The molecule has 0 radical (unpaired) electrons. The third kappa shape index (κ3) is 69.3. The summed E-state index contributed by atoms with van der Waals surface area (Å²) in [5, 5.41) is 0. The van der Waals surface area contributed by atoms with Crippen LogP contribution in [0.3, 0.4) is 0 Å². The SMILES string of the molecule is CC/C=C\C/C=C\C/C=C\C/C=C\C/C=C\CCCCCCCCCCCC(=O)OCC(COC(=O)CCCCCCC/C=C\CCCCCCCC)OC(=O)CCCCCCCCCCCCCCC/C=C\CCCCCCCCCC. The summed E-state index contributed by atoms with van der Waals surface area (Å²) in [6.45, 7) is 6.56. The van der Waals surface area contributed by atoms with Gasteiger partial charge in [0.05, 0.1) is 0 Å². The predicted octanol–water partition coefficient (Wildman–Crippen LogP) is 25.0. The minimum Gasteiger partial charge on any atom is -0.462 e. The van der Waals surface area contributed by atoms with Crippen LogP contribution < -0.4 is 0 Å². The standard InChI is InChI=1S/C77H136O6/c1-4-7-10-13-16-19-22-25-28-30-32-34-36-38-40-42-44-46-49-52-55-58-61-64-67-70-76(79)82-73-74(72-81-75(78)69-66-63-60-57-54-51-48-27-24-21-18-15-12-9-6-3)83-77(80)71-68-65-62-59-56-53-50-47-45-43-41-39-37-35-33-31-29-26-23-20-17-14-11-8-5-2/h7,10,16,19,25,27-28,31-34,38,40,48,74H,4-6,8-9,11-15,17-18,20-24,26,29-30,35-37,39,41-47,49-73H2,1-3H3/b10-7-,19-16-,28-25-,33-31-,34-32-,40-38-,48-27-. The van der Waals surface area contributed by atoms with Crippen LogP contribution in [0.25, 0.3) is 0 Å². The van der Waals surface area contributed by atoms with Gasteiger partial charge in [0.25, 0.3) is 0 Å². The van der Waals surface area contributed by atoms with Crippen molar-refractivity contribution in [1.82, 2.24) is 0 Å². The number of hydrogen-bond acceptors (Lipinski definition) is 6. The molecule has 0 aliphatic heterocycles. The molecule has 0 heterocycles. The van der Waals surface area contributed by atoms with Gasteiger partial charge >= 0.3 is 17.9 Å². The van der Waals surface area contributed by atoms with Crippen LogP contribution in [0.4, 0.5) is 0 Å². The van der Waals surface area contributed by atoms with E-state index >= 15 is 0 Å². The Morgan fingerprint density at radius 2 is 0.470 bits per heavy atom. The zero-order valence-electron chi connectivity index (χ0n) is 55.2. The summed E-state index contributed by atoms with van der Waals surface area (Å²) in [7, 11) is 0. The first-order valence-electron chi connectivity index (χ1n) is 36.1. The van der Waals surface area contributed by atoms with Crippen LogP contribution in [0, 0.1) is 0 Å². The van der Waals surface area contributed by atoms with E-state index < -0.39 is 6.10 Å². The summed E-state index contributed by atoms with van der Waals surface area (Å²) in [5.74, 6) is -0.874. The van der Waals surface area contributed by atoms with Crippen molar-refractivity contribution in [2.24, 2.45) is 0 Å². The van der Waals surface area contributed by atoms with Crippen LogP contribution in [-0.2, 0) is 28.6 Å². The van der Waals surface area contributed by atoms with Crippen LogP contribution in [-0.4, -0.2) is 37.2 Å². The average Bonchev–Trinajstić information content (AvgIpc) is 3.49. The van der Waals surface area contributed by atoms with Gasteiger partial charge in [-0.05, 0) is 116 Å². The molecule has 83 heavy (non-hydrogen) atoms. The molecule has 0 aliphatic carbocycles. The Hall–Kier alpha value is -3.41. The van der Waals surface area contributed by atoms with E-state index in [1.807, 2.05) is 0 Å². The van der Waals surface area contributed by atoms with Gasteiger partial charge in [0.15, 0.2) is 6.10 Å². The van der Waals surface area contributed by atoms with Crippen LogP contribution in [0.1, 0.15) is 367 Å². The van der Waals surface area contributed by atoms with Gasteiger partial charge in [-0.1, -0.05) is 318 Å². The lowest BCUT2D eigenvalue weighted by molar-refractivity contribution is -0.167. The minimum atomic E-state index is -0.784. The van der Waals surface area contributed by atoms with Gasteiger partial charge in [-0.3, -0.25) is 14.4 Å². The molecule has 0 saturated heterocycles. The van der Waals surface area contributed by atoms with Crippen LogP contribution >= 0.6 is 0 Å². The summed E-state index contributed by atoms with van der Waals surface area (Å²) in [4.78, 5) is 38.5. The highest BCUT2D eigenvalue weighted by Gasteiger charge is 2.19. The second kappa shape index (κ2) is 71.1. The molecule has 0 N–H and O–H groups in total. The van der Waals surface area contributed by atoms with Crippen LogP contribution in [0.2, 0.25) is 0 Å². The van der Waals surface area contributed by atoms with Gasteiger partial charge in [-0.2, -0.15) is 0 Å². The van der Waals surface area contributed by atoms with E-state index in [9.17, 15) is 14.4 Å². The van der Waals surface area contributed by atoms with Crippen molar-refractivity contribution in [3.8, 4) is 0 Å². The average molecular weight is 1160 g/mol. The van der Waals surface area contributed by atoms with E-state index in [1.165, 1.54) is 225 Å². The number of ether oxygens (including phenoxy) is 3.